The monoisotopic (exact) mass is 227 g/mol. The van der Waals surface area contributed by atoms with E-state index < -0.39 is 0 Å². The van der Waals surface area contributed by atoms with Crippen molar-refractivity contribution in [2.24, 2.45) is 5.92 Å². The minimum atomic E-state index is 0.148. The maximum atomic E-state index is 11.8. The summed E-state index contributed by atoms with van der Waals surface area (Å²) in [5, 5.41) is 6.41. The van der Waals surface area contributed by atoms with Gasteiger partial charge in [-0.15, -0.1) is 0 Å². The molecule has 16 heavy (non-hydrogen) atoms. The summed E-state index contributed by atoms with van der Waals surface area (Å²) in [6.07, 6.45) is 0. The predicted molar refractivity (Wildman–Crippen MR) is 66.3 cm³/mol. The summed E-state index contributed by atoms with van der Waals surface area (Å²) >= 11 is 0. The third-order valence-electron chi connectivity index (χ3n) is 3.21. The molecule has 1 rings (SSSR count). The molecule has 2 atom stereocenters. The lowest BCUT2D eigenvalue weighted by Crippen LogP contribution is -2.52. The number of hydrogen-bond donors (Lipinski definition) is 2. The molecule has 1 aliphatic heterocycles. The zero-order valence-corrected chi connectivity index (χ0v) is 10.9. The second-order valence-electron chi connectivity index (χ2n) is 5.19. The molecule has 1 heterocycles. The zero-order chi connectivity index (χ0) is 12.1. The summed E-state index contributed by atoms with van der Waals surface area (Å²) in [4.78, 5) is 14.0. The van der Waals surface area contributed by atoms with Crippen LogP contribution in [0.3, 0.4) is 0 Å². The first-order valence-corrected chi connectivity index (χ1v) is 6.24. The minimum Gasteiger partial charge on any atom is -0.352 e. The first-order valence-electron chi connectivity index (χ1n) is 6.24. The van der Waals surface area contributed by atoms with E-state index in [2.05, 4.69) is 43.2 Å². The van der Waals surface area contributed by atoms with E-state index in [1.807, 2.05) is 0 Å². The number of nitrogens with zero attached hydrogens (tertiary/aromatic N) is 1. The molecule has 1 aliphatic rings. The van der Waals surface area contributed by atoms with Crippen LogP contribution in [0.5, 0.6) is 0 Å². The Hall–Kier alpha value is -0.610. The number of carbonyl (C=O) groups excluding carboxylic acids is 1. The van der Waals surface area contributed by atoms with Gasteiger partial charge in [0.05, 0.1) is 6.54 Å². The Morgan fingerprint density at radius 1 is 1.50 bits per heavy atom. The van der Waals surface area contributed by atoms with Crippen LogP contribution in [0.25, 0.3) is 0 Å². The van der Waals surface area contributed by atoms with E-state index in [0.29, 0.717) is 18.5 Å². The van der Waals surface area contributed by atoms with Crippen molar-refractivity contribution in [3.05, 3.63) is 0 Å². The number of amides is 1. The van der Waals surface area contributed by atoms with E-state index in [1.165, 1.54) is 0 Å². The molecule has 0 radical (unpaired) electrons. The Balaban J connectivity index is 2.28. The molecular weight excluding hydrogens is 202 g/mol. The van der Waals surface area contributed by atoms with Gasteiger partial charge in [0.25, 0.3) is 0 Å². The van der Waals surface area contributed by atoms with Gasteiger partial charge in [-0.05, 0) is 19.8 Å². The fraction of sp³-hybridized carbons (Fsp3) is 0.917. The van der Waals surface area contributed by atoms with Gasteiger partial charge in [0.15, 0.2) is 0 Å². The molecule has 1 fully saturated rings. The third-order valence-corrected chi connectivity index (χ3v) is 3.21. The van der Waals surface area contributed by atoms with Crippen molar-refractivity contribution in [2.45, 2.75) is 39.8 Å². The fourth-order valence-corrected chi connectivity index (χ4v) is 1.83. The highest BCUT2D eigenvalue weighted by Gasteiger charge is 2.19. The van der Waals surface area contributed by atoms with E-state index in [1.54, 1.807) is 0 Å². The van der Waals surface area contributed by atoms with Crippen molar-refractivity contribution in [3.63, 3.8) is 0 Å². The van der Waals surface area contributed by atoms with E-state index in [4.69, 9.17) is 0 Å². The zero-order valence-electron chi connectivity index (χ0n) is 10.9. The van der Waals surface area contributed by atoms with Gasteiger partial charge < -0.3 is 10.6 Å². The normalized spacial score (nSPS) is 24.4. The largest absolute Gasteiger partial charge is 0.352 e. The van der Waals surface area contributed by atoms with Crippen LogP contribution in [0.2, 0.25) is 0 Å². The maximum absolute atomic E-state index is 11.8. The lowest BCUT2D eigenvalue weighted by molar-refractivity contribution is -0.123. The molecule has 4 heteroatoms. The van der Waals surface area contributed by atoms with E-state index in [0.717, 1.165) is 19.6 Å². The van der Waals surface area contributed by atoms with Crippen LogP contribution in [-0.2, 0) is 4.79 Å². The first kappa shape index (κ1) is 13.5. The van der Waals surface area contributed by atoms with Crippen LogP contribution in [0.15, 0.2) is 0 Å². The van der Waals surface area contributed by atoms with Crippen LogP contribution < -0.4 is 10.6 Å². The SMILES string of the molecule is CC(C)C(C)NC(=O)CN1CCN[C@H](C)C1. The standard InChI is InChI=1S/C12H25N3O/c1-9(2)11(4)14-12(16)8-15-6-5-13-10(3)7-15/h9-11,13H,5-8H2,1-4H3,(H,14,16)/t10-,11?/m1/s1. The summed E-state index contributed by atoms with van der Waals surface area (Å²) < 4.78 is 0. The summed E-state index contributed by atoms with van der Waals surface area (Å²) in [6.45, 7) is 11.9. The van der Waals surface area contributed by atoms with Gasteiger partial charge in [0.2, 0.25) is 5.91 Å². The van der Waals surface area contributed by atoms with Crippen LogP contribution in [-0.4, -0.2) is 49.1 Å². The Morgan fingerprint density at radius 3 is 2.75 bits per heavy atom. The average molecular weight is 227 g/mol. The lowest BCUT2D eigenvalue weighted by atomic mass is 10.1. The van der Waals surface area contributed by atoms with Gasteiger partial charge >= 0.3 is 0 Å². The Labute approximate surface area is 98.8 Å². The molecule has 1 saturated heterocycles. The molecule has 4 nitrogen and oxygen atoms in total. The highest BCUT2D eigenvalue weighted by molar-refractivity contribution is 5.78. The number of rotatable bonds is 4. The van der Waals surface area contributed by atoms with Crippen molar-refractivity contribution < 1.29 is 4.79 Å². The van der Waals surface area contributed by atoms with Crippen molar-refractivity contribution >= 4 is 5.91 Å². The number of piperazine rings is 1. The molecule has 0 bridgehead atoms. The smallest absolute Gasteiger partial charge is 0.234 e. The molecule has 2 N–H and O–H groups in total. The molecule has 1 amide bonds. The summed E-state index contributed by atoms with van der Waals surface area (Å²) in [5.74, 6) is 0.640. The third kappa shape index (κ3) is 4.49. The molecule has 94 valence electrons. The number of nitrogens with one attached hydrogen (secondary N) is 2. The average Bonchev–Trinajstić information content (AvgIpc) is 2.16. The van der Waals surface area contributed by atoms with Gasteiger partial charge in [-0.2, -0.15) is 0 Å². The molecule has 1 unspecified atom stereocenters. The van der Waals surface area contributed by atoms with Gasteiger partial charge in [-0.25, -0.2) is 0 Å². The van der Waals surface area contributed by atoms with Gasteiger partial charge in [0.1, 0.15) is 0 Å². The molecule has 0 spiro atoms. The minimum absolute atomic E-state index is 0.148. The lowest BCUT2D eigenvalue weighted by Gasteiger charge is -2.31. The summed E-state index contributed by atoms with van der Waals surface area (Å²) in [6, 6.07) is 0.747. The Bertz CT molecular complexity index is 230. The van der Waals surface area contributed by atoms with Crippen molar-refractivity contribution in [1.82, 2.24) is 15.5 Å². The van der Waals surface area contributed by atoms with E-state index >= 15 is 0 Å². The van der Waals surface area contributed by atoms with E-state index in [-0.39, 0.29) is 11.9 Å². The Kier molecular flexibility index (Phi) is 5.22. The van der Waals surface area contributed by atoms with Gasteiger partial charge in [-0.3, -0.25) is 9.69 Å². The van der Waals surface area contributed by atoms with Crippen LogP contribution >= 0.6 is 0 Å². The number of hydrogen-bond acceptors (Lipinski definition) is 3. The second kappa shape index (κ2) is 6.21. The predicted octanol–water partition coefficient (Wildman–Crippen LogP) is 0.441. The van der Waals surface area contributed by atoms with Crippen molar-refractivity contribution in [1.29, 1.82) is 0 Å². The van der Waals surface area contributed by atoms with E-state index in [9.17, 15) is 4.79 Å². The maximum Gasteiger partial charge on any atom is 0.234 e. The molecule has 0 aromatic carbocycles. The van der Waals surface area contributed by atoms with Crippen LogP contribution in [0, 0.1) is 5.92 Å². The molecule has 0 aliphatic carbocycles. The van der Waals surface area contributed by atoms with Crippen molar-refractivity contribution in [2.75, 3.05) is 26.2 Å². The van der Waals surface area contributed by atoms with Gasteiger partial charge in [-0.1, -0.05) is 13.8 Å². The summed E-state index contributed by atoms with van der Waals surface area (Å²) in [5.41, 5.74) is 0. The quantitative estimate of drug-likeness (QED) is 0.732. The van der Waals surface area contributed by atoms with Gasteiger partial charge in [0, 0.05) is 31.7 Å². The van der Waals surface area contributed by atoms with Crippen LogP contribution in [0.1, 0.15) is 27.7 Å². The highest BCUT2D eigenvalue weighted by Crippen LogP contribution is 2.01. The number of carbonyl (C=O) groups is 1. The molecular formula is C12H25N3O. The van der Waals surface area contributed by atoms with Crippen LogP contribution in [0.4, 0.5) is 0 Å². The second-order valence-corrected chi connectivity index (χ2v) is 5.19. The Morgan fingerprint density at radius 2 is 2.19 bits per heavy atom. The molecule has 0 aromatic heterocycles. The molecule has 0 aromatic rings. The fourth-order valence-electron chi connectivity index (χ4n) is 1.83. The topological polar surface area (TPSA) is 44.4 Å². The summed E-state index contributed by atoms with van der Waals surface area (Å²) in [7, 11) is 0. The first-order chi connectivity index (χ1) is 7.49. The molecule has 0 saturated carbocycles. The highest BCUT2D eigenvalue weighted by atomic mass is 16.2. The van der Waals surface area contributed by atoms with Crippen molar-refractivity contribution in [3.8, 4) is 0 Å².